The van der Waals surface area contributed by atoms with Gasteiger partial charge in [-0.3, -0.25) is 4.79 Å². The van der Waals surface area contributed by atoms with Crippen LogP contribution in [0.15, 0.2) is 53.4 Å². The summed E-state index contributed by atoms with van der Waals surface area (Å²) in [6.45, 7) is 1.83. The maximum absolute atomic E-state index is 13.4. The quantitative estimate of drug-likeness (QED) is 0.629. The molecule has 120 valence electrons. The number of sulfonamides is 1. The number of rotatable bonds is 3. The van der Waals surface area contributed by atoms with Crippen LogP contribution in [0.4, 0.5) is 4.39 Å². The van der Waals surface area contributed by atoms with Crippen molar-refractivity contribution in [3.05, 3.63) is 65.5 Å². The standard InChI is InChI=1S/C16H13ClFNO3S/c1-10-5-7-13(8-6-10)23(21,22)19-15(14(17)16(19)20)11-3-2-4-12(18)9-11/h2-9,14-15H,1H3/t14?,15-/m1/s1. The second-order valence-electron chi connectivity index (χ2n) is 5.35. The van der Waals surface area contributed by atoms with Gasteiger partial charge in [-0.25, -0.2) is 17.1 Å². The van der Waals surface area contributed by atoms with Crippen molar-refractivity contribution in [3.63, 3.8) is 0 Å². The second-order valence-corrected chi connectivity index (χ2v) is 7.64. The van der Waals surface area contributed by atoms with Crippen molar-refractivity contribution >= 4 is 27.5 Å². The maximum Gasteiger partial charge on any atom is 0.267 e. The predicted molar refractivity (Wildman–Crippen MR) is 84.0 cm³/mol. The molecule has 4 nitrogen and oxygen atoms in total. The van der Waals surface area contributed by atoms with Gasteiger partial charge in [-0.15, -0.1) is 11.6 Å². The molecule has 2 aromatic rings. The van der Waals surface area contributed by atoms with Gasteiger partial charge in [-0.05, 0) is 36.8 Å². The van der Waals surface area contributed by atoms with E-state index < -0.39 is 33.2 Å². The Bertz CT molecular complexity index is 867. The third-order valence-corrected chi connectivity index (χ3v) is 5.97. The van der Waals surface area contributed by atoms with Gasteiger partial charge >= 0.3 is 0 Å². The fraction of sp³-hybridized carbons (Fsp3) is 0.188. The van der Waals surface area contributed by atoms with Gasteiger partial charge in [0.25, 0.3) is 15.9 Å². The highest BCUT2D eigenvalue weighted by Gasteiger charge is 2.53. The van der Waals surface area contributed by atoms with Crippen molar-refractivity contribution in [3.8, 4) is 0 Å². The molecule has 1 aliphatic heterocycles. The zero-order valence-corrected chi connectivity index (χ0v) is 13.7. The molecule has 0 aliphatic carbocycles. The third kappa shape index (κ3) is 2.62. The molecule has 0 spiro atoms. The summed E-state index contributed by atoms with van der Waals surface area (Å²) in [7, 11) is -4.03. The fourth-order valence-electron chi connectivity index (χ4n) is 2.52. The summed E-state index contributed by atoms with van der Waals surface area (Å²) in [6, 6.07) is 10.7. The summed E-state index contributed by atoms with van der Waals surface area (Å²) in [5, 5.41) is -1.03. The smallest absolute Gasteiger partial charge is 0.267 e. The lowest BCUT2D eigenvalue weighted by atomic mass is 9.96. The molecule has 1 fully saturated rings. The highest BCUT2D eigenvalue weighted by molar-refractivity contribution is 7.89. The van der Waals surface area contributed by atoms with Gasteiger partial charge in [0.05, 0.1) is 10.9 Å². The van der Waals surface area contributed by atoms with E-state index in [-0.39, 0.29) is 4.90 Å². The number of alkyl halides is 1. The lowest BCUT2D eigenvalue weighted by molar-refractivity contribution is -0.137. The van der Waals surface area contributed by atoms with Crippen LogP contribution in [-0.2, 0) is 14.8 Å². The van der Waals surface area contributed by atoms with Crippen LogP contribution >= 0.6 is 11.6 Å². The summed E-state index contributed by atoms with van der Waals surface area (Å²) in [4.78, 5) is 12.0. The van der Waals surface area contributed by atoms with Crippen molar-refractivity contribution < 1.29 is 17.6 Å². The van der Waals surface area contributed by atoms with Gasteiger partial charge in [0.15, 0.2) is 0 Å². The summed E-state index contributed by atoms with van der Waals surface area (Å²) in [5.74, 6) is -1.22. The fourth-order valence-corrected chi connectivity index (χ4v) is 4.61. The number of carbonyl (C=O) groups is 1. The normalized spacial score (nSPS) is 21.2. The van der Waals surface area contributed by atoms with Crippen LogP contribution in [0.3, 0.4) is 0 Å². The Labute approximate surface area is 138 Å². The summed E-state index contributed by atoms with van der Waals surface area (Å²) in [6.07, 6.45) is 0. The Kier molecular flexibility index (Phi) is 3.90. The van der Waals surface area contributed by atoms with Gasteiger partial charge in [-0.2, -0.15) is 0 Å². The van der Waals surface area contributed by atoms with E-state index in [1.807, 2.05) is 6.92 Å². The van der Waals surface area contributed by atoms with E-state index in [2.05, 4.69) is 0 Å². The summed E-state index contributed by atoms with van der Waals surface area (Å²) in [5.41, 5.74) is 1.25. The third-order valence-electron chi connectivity index (χ3n) is 3.75. The van der Waals surface area contributed by atoms with Crippen LogP contribution < -0.4 is 0 Å². The van der Waals surface area contributed by atoms with E-state index in [0.717, 1.165) is 9.87 Å². The minimum atomic E-state index is -4.03. The van der Waals surface area contributed by atoms with E-state index in [1.165, 1.54) is 30.3 Å². The zero-order chi connectivity index (χ0) is 16.8. The Morgan fingerprint density at radius 3 is 2.39 bits per heavy atom. The molecule has 1 aliphatic rings. The van der Waals surface area contributed by atoms with E-state index in [4.69, 9.17) is 11.6 Å². The molecule has 0 aromatic heterocycles. The molecule has 1 amide bonds. The molecule has 2 aromatic carbocycles. The first kappa shape index (κ1) is 16.0. The van der Waals surface area contributed by atoms with Crippen molar-refractivity contribution in [2.45, 2.75) is 23.2 Å². The average Bonchev–Trinajstić information content (AvgIpc) is 2.51. The first-order valence-corrected chi connectivity index (χ1v) is 8.74. The minimum absolute atomic E-state index is 0.00131. The highest BCUT2D eigenvalue weighted by Crippen LogP contribution is 2.42. The molecule has 0 radical (unpaired) electrons. The summed E-state index contributed by atoms with van der Waals surface area (Å²) < 4.78 is 39.5. The van der Waals surface area contributed by atoms with Crippen LogP contribution in [0.25, 0.3) is 0 Å². The van der Waals surface area contributed by atoms with Crippen molar-refractivity contribution in [2.75, 3.05) is 0 Å². The number of aryl methyl sites for hydroxylation is 1. The predicted octanol–water partition coefficient (Wildman–Crippen LogP) is 3.01. The largest absolute Gasteiger partial charge is 0.272 e. The molecule has 0 N–H and O–H groups in total. The van der Waals surface area contributed by atoms with Gasteiger partial charge in [0.2, 0.25) is 0 Å². The lowest BCUT2D eigenvalue weighted by Crippen LogP contribution is -2.58. The van der Waals surface area contributed by atoms with Gasteiger partial charge in [-0.1, -0.05) is 29.8 Å². The van der Waals surface area contributed by atoms with Crippen LogP contribution in [0.1, 0.15) is 17.2 Å². The SMILES string of the molecule is Cc1ccc(S(=O)(=O)N2C(=O)C(Cl)[C@H]2c2cccc(F)c2)cc1. The molecule has 1 unspecified atom stereocenters. The molecular formula is C16H13ClFNO3S. The Balaban J connectivity index is 2.03. The van der Waals surface area contributed by atoms with Crippen molar-refractivity contribution in [1.82, 2.24) is 4.31 Å². The number of nitrogens with zero attached hydrogens (tertiary/aromatic N) is 1. The van der Waals surface area contributed by atoms with Crippen molar-refractivity contribution in [1.29, 1.82) is 0 Å². The van der Waals surface area contributed by atoms with Crippen LogP contribution in [0, 0.1) is 12.7 Å². The highest BCUT2D eigenvalue weighted by atomic mass is 35.5. The minimum Gasteiger partial charge on any atom is -0.272 e. The molecule has 0 saturated carbocycles. The van der Waals surface area contributed by atoms with Crippen LogP contribution in [0.2, 0.25) is 0 Å². The number of amides is 1. The molecule has 1 saturated heterocycles. The monoisotopic (exact) mass is 353 g/mol. The van der Waals surface area contributed by atoms with Crippen molar-refractivity contribution in [2.24, 2.45) is 0 Å². The zero-order valence-electron chi connectivity index (χ0n) is 12.1. The molecule has 1 heterocycles. The first-order chi connectivity index (χ1) is 10.8. The molecule has 0 bridgehead atoms. The van der Waals surface area contributed by atoms with Gasteiger partial charge < -0.3 is 0 Å². The Hall–Kier alpha value is -1.92. The number of hydrogen-bond acceptors (Lipinski definition) is 3. The molecule has 2 atom stereocenters. The number of carbonyl (C=O) groups excluding carboxylic acids is 1. The van der Waals surface area contributed by atoms with Gasteiger partial charge in [0, 0.05) is 0 Å². The van der Waals surface area contributed by atoms with E-state index >= 15 is 0 Å². The number of hydrogen-bond donors (Lipinski definition) is 0. The van der Waals surface area contributed by atoms with Gasteiger partial charge in [0.1, 0.15) is 11.2 Å². The lowest BCUT2D eigenvalue weighted by Gasteiger charge is -2.43. The number of benzene rings is 2. The average molecular weight is 354 g/mol. The maximum atomic E-state index is 13.4. The topological polar surface area (TPSA) is 54.5 Å². The van der Waals surface area contributed by atoms with Crippen LogP contribution in [-0.4, -0.2) is 24.0 Å². The Morgan fingerprint density at radius 1 is 1.13 bits per heavy atom. The van der Waals surface area contributed by atoms with E-state index in [0.29, 0.717) is 5.56 Å². The molecule has 7 heteroatoms. The number of β-lactam (4-membered cyclic amide) rings is 1. The molecular weight excluding hydrogens is 341 g/mol. The van der Waals surface area contributed by atoms with E-state index in [1.54, 1.807) is 18.2 Å². The van der Waals surface area contributed by atoms with Crippen LogP contribution in [0.5, 0.6) is 0 Å². The Morgan fingerprint density at radius 2 is 1.78 bits per heavy atom. The van der Waals surface area contributed by atoms with E-state index in [9.17, 15) is 17.6 Å². The first-order valence-electron chi connectivity index (χ1n) is 6.87. The summed E-state index contributed by atoms with van der Waals surface area (Å²) >= 11 is 5.99. The second kappa shape index (κ2) is 5.62. The molecule has 3 rings (SSSR count). The molecule has 23 heavy (non-hydrogen) atoms. The number of halogens is 2.